The molecule has 3 heteroatoms. The molecule has 0 radical (unpaired) electrons. The molecule has 0 saturated heterocycles. The smallest absolute Gasteiger partial charge is 0.147 e. The Hall–Kier alpha value is 0.0600. The second-order valence-corrected chi connectivity index (χ2v) is 5.32. The van der Waals surface area contributed by atoms with E-state index in [9.17, 15) is 4.57 Å². The molecule has 0 saturated carbocycles. The van der Waals surface area contributed by atoms with Crippen LogP contribution in [0.1, 0.15) is 65.2 Å². The third-order valence-corrected chi connectivity index (χ3v) is 3.69. The molecule has 0 amide bonds. The maximum Gasteiger partial charge on any atom is 0.508 e. The molecule has 0 aliphatic carbocycles. The molecule has 0 bridgehead atoms. The lowest BCUT2D eigenvalue weighted by molar-refractivity contribution is 0.349. The Labute approximate surface area is 95.7 Å². The normalized spacial score (nSPS) is 11.7. The van der Waals surface area contributed by atoms with Crippen molar-refractivity contribution in [3.63, 3.8) is 0 Å². The van der Waals surface area contributed by atoms with Gasteiger partial charge in [-0.05, 0) is 24.3 Å². The van der Waals surface area contributed by atoms with Gasteiger partial charge >= 0.3 is 8.03 Å². The number of unbranched alkanes of at least 4 members (excludes halogenated alkanes) is 7. The van der Waals surface area contributed by atoms with Crippen molar-refractivity contribution in [2.45, 2.75) is 65.2 Å². The van der Waals surface area contributed by atoms with Crippen LogP contribution in [-0.2, 0) is 9.09 Å². The van der Waals surface area contributed by atoms with Crippen LogP contribution in [0.15, 0.2) is 0 Å². The Morgan fingerprint density at radius 1 is 0.867 bits per heavy atom. The Bertz CT molecular complexity index is 149. The van der Waals surface area contributed by atoms with E-state index in [2.05, 4.69) is 6.92 Å². The molecule has 0 aliphatic rings. The third kappa shape index (κ3) is 12.0. The predicted octanol–water partition coefficient (Wildman–Crippen LogP) is 4.91. The van der Waals surface area contributed by atoms with Gasteiger partial charge in [-0.2, -0.15) is 0 Å². The molecule has 0 heterocycles. The molecule has 1 unspecified atom stereocenters. The van der Waals surface area contributed by atoms with Crippen LogP contribution in [-0.4, -0.2) is 12.8 Å². The fourth-order valence-corrected chi connectivity index (χ4v) is 2.48. The van der Waals surface area contributed by atoms with Gasteiger partial charge < -0.3 is 0 Å². The van der Waals surface area contributed by atoms with Crippen LogP contribution in [0.5, 0.6) is 0 Å². The summed E-state index contributed by atoms with van der Waals surface area (Å²) in [5.41, 5.74) is 0. The standard InChI is InChI=1S/C12H26O2P/c1-3-5-6-7-8-9-10-11-12-15(13)14-4-2/h3-12H2,1-2H3/q+1. The molecule has 0 N–H and O–H groups in total. The Morgan fingerprint density at radius 3 is 1.93 bits per heavy atom. The zero-order valence-corrected chi connectivity index (χ0v) is 11.2. The lowest BCUT2D eigenvalue weighted by atomic mass is 10.1. The highest BCUT2D eigenvalue weighted by atomic mass is 31.1. The highest BCUT2D eigenvalue weighted by Crippen LogP contribution is 2.23. The minimum Gasteiger partial charge on any atom is -0.147 e. The summed E-state index contributed by atoms with van der Waals surface area (Å²) in [5.74, 6) is 0. The number of hydrogen-bond acceptors (Lipinski definition) is 2. The van der Waals surface area contributed by atoms with E-state index in [1.165, 1.54) is 44.9 Å². The summed E-state index contributed by atoms with van der Waals surface area (Å²) in [4.78, 5) is 0. The predicted molar refractivity (Wildman–Crippen MR) is 66.7 cm³/mol. The van der Waals surface area contributed by atoms with Gasteiger partial charge in [-0.25, -0.2) is 0 Å². The minimum absolute atomic E-state index is 0.576. The van der Waals surface area contributed by atoms with Crippen molar-refractivity contribution in [1.29, 1.82) is 0 Å². The molecule has 1 atom stereocenters. The molecule has 0 aromatic carbocycles. The van der Waals surface area contributed by atoms with Gasteiger partial charge in [0.25, 0.3) is 0 Å². The monoisotopic (exact) mass is 233 g/mol. The van der Waals surface area contributed by atoms with Crippen LogP contribution in [0.4, 0.5) is 0 Å². The molecular formula is C12H26O2P+. The summed E-state index contributed by atoms with van der Waals surface area (Å²) < 4.78 is 16.2. The fraction of sp³-hybridized carbons (Fsp3) is 1.00. The van der Waals surface area contributed by atoms with Crippen molar-refractivity contribution in [2.75, 3.05) is 12.8 Å². The quantitative estimate of drug-likeness (QED) is 0.374. The Balaban J connectivity index is 3.01. The van der Waals surface area contributed by atoms with Crippen molar-refractivity contribution < 1.29 is 9.09 Å². The first kappa shape index (κ1) is 15.1. The first-order chi connectivity index (χ1) is 7.31. The molecule has 90 valence electrons. The van der Waals surface area contributed by atoms with Crippen molar-refractivity contribution in [3.05, 3.63) is 0 Å². The van der Waals surface area contributed by atoms with Gasteiger partial charge in [0, 0.05) is 0 Å². The van der Waals surface area contributed by atoms with Gasteiger partial charge in [0.2, 0.25) is 0 Å². The van der Waals surface area contributed by atoms with Crippen LogP contribution in [0.25, 0.3) is 0 Å². The van der Waals surface area contributed by atoms with Gasteiger partial charge in [0.15, 0.2) is 6.16 Å². The molecular weight excluding hydrogens is 207 g/mol. The molecule has 2 nitrogen and oxygen atoms in total. The van der Waals surface area contributed by atoms with Crippen molar-refractivity contribution in [1.82, 2.24) is 0 Å². The topological polar surface area (TPSA) is 26.3 Å². The third-order valence-electron chi connectivity index (χ3n) is 2.47. The highest BCUT2D eigenvalue weighted by Gasteiger charge is 2.14. The van der Waals surface area contributed by atoms with Crippen LogP contribution >= 0.6 is 8.03 Å². The van der Waals surface area contributed by atoms with E-state index in [1.54, 1.807) is 0 Å². The lowest BCUT2D eigenvalue weighted by Crippen LogP contribution is -1.85. The second kappa shape index (κ2) is 12.1. The molecule has 0 aromatic rings. The molecule has 0 aromatic heterocycles. The number of hydrogen-bond donors (Lipinski definition) is 0. The highest BCUT2D eigenvalue weighted by molar-refractivity contribution is 7.39. The van der Waals surface area contributed by atoms with E-state index in [4.69, 9.17) is 4.52 Å². The zero-order chi connectivity index (χ0) is 11.4. The van der Waals surface area contributed by atoms with E-state index >= 15 is 0 Å². The molecule has 0 fully saturated rings. The molecule has 15 heavy (non-hydrogen) atoms. The van der Waals surface area contributed by atoms with E-state index in [-0.39, 0.29) is 0 Å². The zero-order valence-electron chi connectivity index (χ0n) is 10.3. The Morgan fingerprint density at radius 2 is 1.40 bits per heavy atom. The number of rotatable bonds is 11. The molecule has 0 spiro atoms. The second-order valence-electron chi connectivity index (χ2n) is 3.95. The maximum atomic E-state index is 11.1. The maximum absolute atomic E-state index is 11.1. The Kier molecular flexibility index (Phi) is 12.2. The van der Waals surface area contributed by atoms with Crippen molar-refractivity contribution in [2.24, 2.45) is 0 Å². The van der Waals surface area contributed by atoms with Crippen LogP contribution in [0.3, 0.4) is 0 Å². The van der Waals surface area contributed by atoms with Crippen LogP contribution < -0.4 is 0 Å². The SMILES string of the molecule is CCCCCCCCCC[P+](=O)OCC. The average Bonchev–Trinajstić information content (AvgIpc) is 2.22. The largest absolute Gasteiger partial charge is 0.508 e. The summed E-state index contributed by atoms with van der Waals surface area (Å²) >= 11 is 0. The minimum atomic E-state index is -1.36. The van der Waals surface area contributed by atoms with Gasteiger partial charge in [-0.3, -0.25) is 0 Å². The van der Waals surface area contributed by atoms with Crippen LogP contribution in [0, 0.1) is 0 Å². The average molecular weight is 233 g/mol. The first-order valence-electron chi connectivity index (χ1n) is 6.38. The van der Waals surface area contributed by atoms with Gasteiger partial charge in [-0.1, -0.05) is 45.4 Å². The summed E-state index contributed by atoms with van der Waals surface area (Å²) in [7, 11) is -1.36. The summed E-state index contributed by atoms with van der Waals surface area (Å²) in [6.07, 6.45) is 11.1. The van der Waals surface area contributed by atoms with Crippen molar-refractivity contribution >= 4 is 8.03 Å². The lowest BCUT2D eigenvalue weighted by Gasteiger charge is -1.98. The fourth-order valence-electron chi connectivity index (χ4n) is 1.58. The van der Waals surface area contributed by atoms with E-state index in [0.29, 0.717) is 6.61 Å². The molecule has 0 rings (SSSR count). The van der Waals surface area contributed by atoms with E-state index in [0.717, 1.165) is 12.6 Å². The van der Waals surface area contributed by atoms with Gasteiger partial charge in [0.1, 0.15) is 0 Å². The van der Waals surface area contributed by atoms with E-state index < -0.39 is 8.03 Å². The first-order valence-corrected chi connectivity index (χ1v) is 7.75. The van der Waals surface area contributed by atoms with Crippen LogP contribution in [0.2, 0.25) is 0 Å². The summed E-state index contributed by atoms with van der Waals surface area (Å²) in [6, 6.07) is 0. The van der Waals surface area contributed by atoms with E-state index in [1.807, 2.05) is 6.92 Å². The van der Waals surface area contributed by atoms with Gasteiger partial charge in [-0.15, -0.1) is 4.52 Å². The summed E-state index contributed by atoms with van der Waals surface area (Å²) in [5, 5.41) is 0. The molecule has 0 aliphatic heterocycles. The summed E-state index contributed by atoms with van der Waals surface area (Å²) in [6.45, 7) is 4.71. The van der Waals surface area contributed by atoms with Crippen molar-refractivity contribution in [3.8, 4) is 0 Å². The van der Waals surface area contributed by atoms with Gasteiger partial charge in [0.05, 0.1) is 6.61 Å².